The van der Waals surface area contributed by atoms with E-state index in [9.17, 15) is 22.8 Å². The van der Waals surface area contributed by atoms with Crippen molar-refractivity contribution in [2.45, 2.75) is 24.9 Å². The van der Waals surface area contributed by atoms with E-state index in [-0.39, 0.29) is 27.5 Å². The van der Waals surface area contributed by atoms with Gasteiger partial charge in [0.2, 0.25) is 0 Å². The molecule has 3 aromatic rings. The molecule has 3 heterocycles. The van der Waals surface area contributed by atoms with Gasteiger partial charge in [-0.3, -0.25) is 4.79 Å². The minimum Gasteiger partial charge on any atom is -0.465 e. The maximum Gasteiger partial charge on any atom is 0.416 e. The number of likely N-dealkylation sites (tertiary alicyclic amines) is 1. The van der Waals surface area contributed by atoms with Gasteiger partial charge in [0.05, 0.1) is 27.2 Å². The van der Waals surface area contributed by atoms with E-state index in [0.29, 0.717) is 31.6 Å². The van der Waals surface area contributed by atoms with Crippen molar-refractivity contribution >= 4 is 34.2 Å². The SMILES string of the molecule is O=C(O)N1CCC(c2cc(=O)[nH]c3c4c(Cl)cc(C(F)(F)F)cc4nn23)CC1. The van der Waals surface area contributed by atoms with Crippen LogP contribution in [0.3, 0.4) is 0 Å². The Morgan fingerprint density at radius 1 is 1.25 bits per heavy atom. The van der Waals surface area contributed by atoms with Gasteiger partial charge in [-0.05, 0) is 25.0 Å². The first kappa shape index (κ1) is 18.6. The number of nitrogens with one attached hydrogen (secondary N) is 1. The Hall–Kier alpha value is -2.75. The molecular weight excluding hydrogens is 401 g/mol. The average Bonchev–Trinajstić information content (AvgIpc) is 2.99. The first-order valence-corrected chi connectivity index (χ1v) is 8.83. The van der Waals surface area contributed by atoms with E-state index in [1.54, 1.807) is 0 Å². The molecule has 0 bridgehead atoms. The van der Waals surface area contributed by atoms with Crippen LogP contribution in [-0.4, -0.2) is 43.8 Å². The summed E-state index contributed by atoms with van der Waals surface area (Å²) in [6.07, 6.45) is -4.63. The molecular formula is C17H14ClF3N4O3. The zero-order valence-electron chi connectivity index (χ0n) is 14.3. The average molecular weight is 415 g/mol. The molecule has 1 amide bonds. The Labute approximate surface area is 160 Å². The van der Waals surface area contributed by atoms with Crippen molar-refractivity contribution in [3.63, 3.8) is 0 Å². The summed E-state index contributed by atoms with van der Waals surface area (Å²) in [5.74, 6) is -0.157. The molecule has 28 heavy (non-hydrogen) atoms. The molecule has 1 saturated heterocycles. The van der Waals surface area contributed by atoms with Crippen LogP contribution in [0.1, 0.15) is 30.0 Å². The summed E-state index contributed by atoms with van der Waals surface area (Å²) in [7, 11) is 0. The van der Waals surface area contributed by atoms with Gasteiger partial charge in [0, 0.05) is 25.1 Å². The molecule has 7 nitrogen and oxygen atoms in total. The Kier molecular flexibility index (Phi) is 4.25. The van der Waals surface area contributed by atoms with Gasteiger partial charge in [0.15, 0.2) is 0 Å². The number of hydrogen-bond acceptors (Lipinski definition) is 3. The first-order chi connectivity index (χ1) is 13.1. The molecule has 0 radical (unpaired) electrons. The summed E-state index contributed by atoms with van der Waals surface area (Å²) in [6, 6.07) is 3.05. The van der Waals surface area contributed by atoms with Gasteiger partial charge in [0.25, 0.3) is 5.56 Å². The number of aromatic amines is 1. The normalized spacial score (nSPS) is 16.2. The van der Waals surface area contributed by atoms with Crippen molar-refractivity contribution in [2.75, 3.05) is 13.1 Å². The van der Waals surface area contributed by atoms with Crippen molar-refractivity contribution in [3.05, 3.63) is 44.8 Å². The molecule has 4 rings (SSSR count). The molecule has 2 N–H and O–H groups in total. The number of alkyl halides is 3. The lowest BCUT2D eigenvalue weighted by Crippen LogP contribution is -2.37. The Morgan fingerprint density at radius 2 is 1.93 bits per heavy atom. The van der Waals surface area contributed by atoms with E-state index in [1.165, 1.54) is 15.5 Å². The molecule has 0 atom stereocenters. The highest BCUT2D eigenvalue weighted by atomic mass is 35.5. The summed E-state index contributed by atoms with van der Waals surface area (Å²) < 4.78 is 40.7. The van der Waals surface area contributed by atoms with Gasteiger partial charge < -0.3 is 15.0 Å². The summed E-state index contributed by atoms with van der Waals surface area (Å²) in [5, 5.41) is 13.4. The monoisotopic (exact) mass is 414 g/mol. The quantitative estimate of drug-likeness (QED) is 0.635. The Bertz CT molecular complexity index is 1150. The van der Waals surface area contributed by atoms with E-state index >= 15 is 0 Å². The number of aromatic nitrogens is 3. The number of H-pyrrole nitrogens is 1. The number of rotatable bonds is 1. The fourth-order valence-electron chi connectivity index (χ4n) is 3.64. The predicted molar refractivity (Wildman–Crippen MR) is 94.9 cm³/mol. The van der Waals surface area contributed by atoms with Gasteiger partial charge in [0.1, 0.15) is 5.65 Å². The number of piperidine rings is 1. The highest BCUT2D eigenvalue weighted by Gasteiger charge is 2.32. The number of hydrogen-bond donors (Lipinski definition) is 2. The van der Waals surface area contributed by atoms with E-state index in [1.807, 2.05) is 0 Å². The molecule has 11 heteroatoms. The van der Waals surface area contributed by atoms with Crippen molar-refractivity contribution in [3.8, 4) is 0 Å². The van der Waals surface area contributed by atoms with Gasteiger partial charge in [-0.2, -0.15) is 18.3 Å². The third-order valence-corrected chi connectivity index (χ3v) is 5.30. The van der Waals surface area contributed by atoms with E-state index in [2.05, 4.69) is 10.1 Å². The smallest absolute Gasteiger partial charge is 0.416 e. The van der Waals surface area contributed by atoms with E-state index in [4.69, 9.17) is 16.7 Å². The lowest BCUT2D eigenvalue weighted by atomic mass is 9.93. The van der Waals surface area contributed by atoms with Crippen LogP contribution < -0.4 is 5.56 Å². The molecule has 2 aromatic heterocycles. The van der Waals surface area contributed by atoms with E-state index in [0.717, 1.165) is 12.1 Å². The maximum absolute atomic E-state index is 13.1. The first-order valence-electron chi connectivity index (χ1n) is 8.45. The van der Waals surface area contributed by atoms with Crippen molar-refractivity contribution in [1.29, 1.82) is 0 Å². The van der Waals surface area contributed by atoms with Gasteiger partial charge in [-0.15, -0.1) is 0 Å². The highest BCUT2D eigenvalue weighted by molar-refractivity contribution is 6.36. The van der Waals surface area contributed by atoms with Gasteiger partial charge >= 0.3 is 12.3 Å². The maximum atomic E-state index is 13.1. The third kappa shape index (κ3) is 3.07. The van der Waals surface area contributed by atoms with Crippen LogP contribution in [0.4, 0.5) is 18.0 Å². The number of benzene rings is 1. The lowest BCUT2D eigenvalue weighted by Gasteiger charge is -2.30. The van der Waals surface area contributed by atoms with Crippen LogP contribution in [0.15, 0.2) is 23.0 Å². The van der Waals surface area contributed by atoms with Gasteiger partial charge in [-0.25, -0.2) is 9.31 Å². The van der Waals surface area contributed by atoms with Crippen molar-refractivity contribution in [2.24, 2.45) is 0 Å². The zero-order valence-corrected chi connectivity index (χ0v) is 15.0. The summed E-state index contributed by atoms with van der Waals surface area (Å²) in [4.78, 5) is 27.1. The molecule has 148 valence electrons. The van der Waals surface area contributed by atoms with Crippen LogP contribution in [0.5, 0.6) is 0 Å². The second kappa shape index (κ2) is 6.40. The van der Waals surface area contributed by atoms with Crippen LogP contribution in [0, 0.1) is 0 Å². The van der Waals surface area contributed by atoms with Crippen LogP contribution >= 0.6 is 11.6 Å². The number of carbonyl (C=O) groups is 1. The summed E-state index contributed by atoms with van der Waals surface area (Å²) in [5.41, 5.74) is -0.597. The molecule has 0 spiro atoms. The summed E-state index contributed by atoms with van der Waals surface area (Å²) >= 11 is 6.09. The minimum absolute atomic E-state index is 0.0193. The zero-order chi connectivity index (χ0) is 20.2. The van der Waals surface area contributed by atoms with Crippen molar-refractivity contribution < 1.29 is 23.1 Å². The van der Waals surface area contributed by atoms with E-state index < -0.39 is 23.4 Å². The Balaban J connectivity index is 1.87. The largest absolute Gasteiger partial charge is 0.465 e. The Morgan fingerprint density at radius 3 is 2.54 bits per heavy atom. The molecule has 1 aromatic carbocycles. The lowest BCUT2D eigenvalue weighted by molar-refractivity contribution is -0.137. The number of nitrogens with zero attached hydrogens (tertiary/aromatic N) is 3. The standard InChI is InChI=1S/C17H14ClF3N4O3/c18-10-5-9(17(19,20)21)6-11-14(10)15-22-13(26)7-12(25(15)23-11)8-1-3-24(4-2-8)16(27)28/h5-8H,1-4H2,(H,22,26)(H,27,28). The molecule has 1 fully saturated rings. The number of fused-ring (bicyclic) bond motifs is 3. The molecule has 0 unspecified atom stereocenters. The third-order valence-electron chi connectivity index (χ3n) is 5.00. The minimum atomic E-state index is -4.58. The predicted octanol–water partition coefficient (Wildman–Crippen LogP) is 3.71. The fraction of sp³-hybridized carbons (Fsp3) is 0.353. The topological polar surface area (TPSA) is 90.7 Å². The van der Waals surface area contributed by atoms with Crippen molar-refractivity contribution in [1.82, 2.24) is 19.5 Å². The van der Waals surface area contributed by atoms with Crippen LogP contribution in [0.2, 0.25) is 5.02 Å². The second-order valence-corrected chi connectivity index (χ2v) is 7.12. The summed E-state index contributed by atoms with van der Waals surface area (Å²) in [6.45, 7) is 0.599. The van der Waals surface area contributed by atoms with Crippen LogP contribution in [-0.2, 0) is 6.18 Å². The van der Waals surface area contributed by atoms with Gasteiger partial charge in [-0.1, -0.05) is 11.6 Å². The van der Waals surface area contributed by atoms with Crippen LogP contribution in [0.25, 0.3) is 16.6 Å². The second-order valence-electron chi connectivity index (χ2n) is 6.71. The molecule has 0 saturated carbocycles. The molecule has 1 aliphatic rings. The molecule has 1 aliphatic heterocycles. The number of carboxylic acid groups (broad SMARTS) is 1. The molecule has 0 aliphatic carbocycles. The fourth-order valence-corrected chi connectivity index (χ4v) is 3.94. The number of amides is 1. The number of halogens is 4. The highest BCUT2D eigenvalue weighted by Crippen LogP contribution is 2.37.